The lowest BCUT2D eigenvalue weighted by Gasteiger charge is -2.53. The van der Waals surface area contributed by atoms with Crippen LogP contribution >= 0.6 is 0 Å². The summed E-state index contributed by atoms with van der Waals surface area (Å²) in [6, 6.07) is 0.353. The highest BCUT2D eigenvalue weighted by molar-refractivity contribution is 5.84. The SMILES string of the molecule is O=C(O)c1cnn(C2C3CC4CC(C3)CC2C4)n1. The molecule has 1 N–H and O–H groups in total. The molecule has 0 amide bonds. The van der Waals surface area contributed by atoms with E-state index in [9.17, 15) is 4.79 Å². The molecule has 18 heavy (non-hydrogen) atoms. The molecule has 5 rings (SSSR count). The van der Waals surface area contributed by atoms with Gasteiger partial charge in [0.15, 0.2) is 5.69 Å². The molecule has 0 spiro atoms. The van der Waals surface area contributed by atoms with Crippen molar-refractivity contribution in [2.24, 2.45) is 23.7 Å². The number of carboxylic acids is 1. The van der Waals surface area contributed by atoms with Crippen LogP contribution < -0.4 is 0 Å². The number of carboxylic acid groups (broad SMARTS) is 1. The Balaban J connectivity index is 1.66. The summed E-state index contributed by atoms with van der Waals surface area (Å²) in [5.74, 6) is 2.20. The van der Waals surface area contributed by atoms with Crippen molar-refractivity contribution in [3.05, 3.63) is 11.9 Å². The van der Waals surface area contributed by atoms with E-state index in [1.54, 1.807) is 4.80 Å². The number of hydrogen-bond acceptors (Lipinski definition) is 3. The molecule has 0 aliphatic heterocycles. The lowest BCUT2D eigenvalue weighted by atomic mass is 9.54. The Kier molecular flexibility index (Phi) is 2.08. The van der Waals surface area contributed by atoms with Crippen LogP contribution in [0.4, 0.5) is 0 Å². The zero-order valence-corrected chi connectivity index (χ0v) is 10.2. The highest BCUT2D eigenvalue weighted by atomic mass is 16.4. The number of aromatic carboxylic acids is 1. The van der Waals surface area contributed by atoms with Gasteiger partial charge in [0, 0.05) is 0 Å². The first-order valence-electron chi connectivity index (χ1n) is 6.86. The Morgan fingerprint density at radius 1 is 1.17 bits per heavy atom. The molecular formula is C13H17N3O2. The van der Waals surface area contributed by atoms with Crippen molar-refractivity contribution >= 4 is 5.97 Å². The molecule has 5 heteroatoms. The summed E-state index contributed by atoms with van der Waals surface area (Å²) in [6.45, 7) is 0. The first-order valence-corrected chi connectivity index (χ1v) is 6.86. The van der Waals surface area contributed by atoms with Crippen LogP contribution in [-0.4, -0.2) is 26.1 Å². The van der Waals surface area contributed by atoms with Crippen LogP contribution in [0.2, 0.25) is 0 Å². The van der Waals surface area contributed by atoms with Gasteiger partial charge in [0.25, 0.3) is 0 Å². The molecule has 1 heterocycles. The van der Waals surface area contributed by atoms with E-state index in [0.29, 0.717) is 17.9 Å². The molecule has 4 bridgehead atoms. The quantitative estimate of drug-likeness (QED) is 0.867. The zero-order valence-electron chi connectivity index (χ0n) is 10.2. The van der Waals surface area contributed by atoms with Gasteiger partial charge in [0.2, 0.25) is 0 Å². The Bertz CT molecular complexity index is 468. The second-order valence-corrected chi connectivity index (χ2v) is 6.28. The molecule has 0 atom stereocenters. The van der Waals surface area contributed by atoms with E-state index < -0.39 is 5.97 Å². The first kappa shape index (κ1) is 10.5. The van der Waals surface area contributed by atoms with E-state index in [0.717, 1.165) is 11.8 Å². The maximum absolute atomic E-state index is 10.9. The van der Waals surface area contributed by atoms with Crippen molar-refractivity contribution in [1.82, 2.24) is 15.0 Å². The summed E-state index contributed by atoms with van der Waals surface area (Å²) in [6.07, 6.45) is 7.98. The monoisotopic (exact) mass is 247 g/mol. The second kappa shape index (κ2) is 3.56. The van der Waals surface area contributed by atoms with Gasteiger partial charge in [-0.3, -0.25) is 0 Å². The summed E-state index contributed by atoms with van der Waals surface area (Å²) < 4.78 is 0. The predicted molar refractivity (Wildman–Crippen MR) is 63.1 cm³/mol. The lowest BCUT2D eigenvalue weighted by Crippen LogP contribution is -2.46. The van der Waals surface area contributed by atoms with Crippen LogP contribution in [0.25, 0.3) is 0 Å². The zero-order chi connectivity index (χ0) is 12.3. The molecule has 0 saturated heterocycles. The molecule has 0 unspecified atom stereocenters. The van der Waals surface area contributed by atoms with E-state index in [-0.39, 0.29) is 5.69 Å². The van der Waals surface area contributed by atoms with Crippen LogP contribution in [0.15, 0.2) is 6.20 Å². The summed E-state index contributed by atoms with van der Waals surface area (Å²) in [5.41, 5.74) is 0.0730. The Morgan fingerprint density at radius 3 is 2.28 bits per heavy atom. The maximum atomic E-state index is 10.9. The smallest absolute Gasteiger partial charge is 0.358 e. The van der Waals surface area contributed by atoms with Gasteiger partial charge in [-0.15, -0.1) is 5.10 Å². The van der Waals surface area contributed by atoms with Crippen molar-refractivity contribution in [2.45, 2.75) is 38.1 Å². The fraction of sp³-hybridized carbons (Fsp3) is 0.769. The molecule has 4 aliphatic carbocycles. The molecule has 0 aromatic carbocycles. The van der Waals surface area contributed by atoms with Crippen molar-refractivity contribution in [1.29, 1.82) is 0 Å². The normalized spacial score (nSPS) is 41.2. The average Bonchev–Trinajstić information content (AvgIpc) is 2.77. The van der Waals surface area contributed by atoms with E-state index >= 15 is 0 Å². The lowest BCUT2D eigenvalue weighted by molar-refractivity contribution is -0.0390. The van der Waals surface area contributed by atoms with E-state index in [2.05, 4.69) is 10.2 Å². The van der Waals surface area contributed by atoms with E-state index in [1.807, 2.05) is 0 Å². The van der Waals surface area contributed by atoms with Crippen LogP contribution in [0.1, 0.15) is 48.6 Å². The topological polar surface area (TPSA) is 68.0 Å². The third kappa shape index (κ3) is 1.42. The molecule has 4 saturated carbocycles. The van der Waals surface area contributed by atoms with Crippen molar-refractivity contribution in [3.63, 3.8) is 0 Å². The average molecular weight is 247 g/mol. The van der Waals surface area contributed by atoms with E-state index in [4.69, 9.17) is 5.11 Å². The van der Waals surface area contributed by atoms with Crippen LogP contribution in [0, 0.1) is 23.7 Å². The van der Waals surface area contributed by atoms with Gasteiger partial charge in [-0.05, 0) is 55.8 Å². The maximum Gasteiger partial charge on any atom is 0.358 e. The molecule has 1 aromatic rings. The molecule has 4 fully saturated rings. The van der Waals surface area contributed by atoms with Crippen LogP contribution in [-0.2, 0) is 0 Å². The highest BCUT2D eigenvalue weighted by Crippen LogP contribution is 2.57. The summed E-state index contributed by atoms with van der Waals surface area (Å²) in [5, 5.41) is 17.3. The Labute approximate surface area is 105 Å². The van der Waals surface area contributed by atoms with Crippen LogP contribution in [0.5, 0.6) is 0 Å². The molecular weight excluding hydrogens is 230 g/mol. The van der Waals surface area contributed by atoms with Gasteiger partial charge < -0.3 is 5.11 Å². The second-order valence-electron chi connectivity index (χ2n) is 6.28. The summed E-state index contributed by atoms with van der Waals surface area (Å²) in [4.78, 5) is 12.6. The number of carbonyl (C=O) groups is 1. The predicted octanol–water partition coefficient (Wildman–Crippen LogP) is 1.97. The minimum Gasteiger partial charge on any atom is -0.476 e. The minimum atomic E-state index is -0.981. The fourth-order valence-corrected chi connectivity index (χ4v) is 4.79. The Hall–Kier alpha value is -1.39. The van der Waals surface area contributed by atoms with Crippen molar-refractivity contribution in [3.8, 4) is 0 Å². The number of aromatic nitrogens is 3. The van der Waals surface area contributed by atoms with Gasteiger partial charge in [-0.1, -0.05) is 0 Å². The number of nitrogens with zero attached hydrogens (tertiary/aromatic N) is 3. The molecule has 5 nitrogen and oxygen atoms in total. The number of rotatable bonds is 2. The van der Waals surface area contributed by atoms with Gasteiger partial charge >= 0.3 is 5.97 Å². The van der Waals surface area contributed by atoms with Crippen molar-refractivity contribution < 1.29 is 9.90 Å². The standard InChI is InChI=1S/C13H17N3O2/c17-13(18)11-6-14-16(15-11)12-9-2-7-1-8(4-9)5-10(12)3-7/h6-10,12H,1-5H2,(H,17,18). The van der Waals surface area contributed by atoms with Crippen LogP contribution in [0.3, 0.4) is 0 Å². The van der Waals surface area contributed by atoms with Gasteiger partial charge in [0.1, 0.15) is 0 Å². The molecule has 4 aliphatic rings. The third-order valence-electron chi connectivity index (χ3n) is 5.17. The first-order chi connectivity index (χ1) is 8.70. The Morgan fingerprint density at radius 2 is 1.78 bits per heavy atom. The van der Waals surface area contributed by atoms with E-state index in [1.165, 1.54) is 38.3 Å². The fourth-order valence-electron chi connectivity index (χ4n) is 4.79. The number of hydrogen-bond donors (Lipinski definition) is 1. The molecule has 0 radical (unpaired) electrons. The molecule has 1 aromatic heterocycles. The summed E-state index contributed by atoms with van der Waals surface area (Å²) in [7, 11) is 0. The summed E-state index contributed by atoms with van der Waals surface area (Å²) >= 11 is 0. The highest BCUT2D eigenvalue weighted by Gasteiger charge is 2.49. The largest absolute Gasteiger partial charge is 0.476 e. The third-order valence-corrected chi connectivity index (χ3v) is 5.17. The van der Waals surface area contributed by atoms with Crippen molar-refractivity contribution in [2.75, 3.05) is 0 Å². The van der Waals surface area contributed by atoms with Gasteiger partial charge in [0.05, 0.1) is 12.2 Å². The van der Waals surface area contributed by atoms with Gasteiger partial charge in [-0.25, -0.2) is 4.79 Å². The minimum absolute atomic E-state index is 0.0730. The van der Waals surface area contributed by atoms with Gasteiger partial charge in [-0.2, -0.15) is 9.90 Å². The molecule has 96 valence electrons.